The van der Waals surface area contributed by atoms with Crippen LogP contribution in [0.4, 0.5) is 4.79 Å². The van der Waals surface area contributed by atoms with Crippen molar-refractivity contribution >= 4 is 39.4 Å². The first-order valence-electron chi connectivity index (χ1n) is 12.7. The number of carbonyl (C=O) groups is 1. The molecule has 1 amide bonds. The van der Waals surface area contributed by atoms with Gasteiger partial charge in [0.2, 0.25) is 0 Å². The molecule has 2 N–H and O–H groups in total. The fourth-order valence-electron chi connectivity index (χ4n) is 4.25. The first-order chi connectivity index (χ1) is 19.1. The van der Waals surface area contributed by atoms with Crippen LogP contribution in [0.25, 0.3) is 10.2 Å². The van der Waals surface area contributed by atoms with Gasteiger partial charge in [-0.1, -0.05) is 85.1 Å². The average molecular weight is 563 g/mol. The summed E-state index contributed by atoms with van der Waals surface area (Å²) in [6, 6.07) is 23.9. The van der Waals surface area contributed by atoms with Gasteiger partial charge in [0, 0.05) is 24.3 Å². The van der Waals surface area contributed by atoms with Crippen LogP contribution in [0.5, 0.6) is 0 Å². The van der Waals surface area contributed by atoms with Gasteiger partial charge in [-0.15, -0.1) is 11.3 Å². The van der Waals surface area contributed by atoms with Gasteiger partial charge in [-0.3, -0.25) is 0 Å². The van der Waals surface area contributed by atoms with Gasteiger partial charge in [0.05, 0.1) is 29.0 Å². The summed E-state index contributed by atoms with van der Waals surface area (Å²) in [7, 11) is 0. The summed E-state index contributed by atoms with van der Waals surface area (Å²) in [4.78, 5) is 16.5. The molecule has 1 aliphatic rings. The van der Waals surface area contributed by atoms with Crippen LogP contribution in [0.2, 0.25) is 0 Å². The Morgan fingerprint density at radius 2 is 1.82 bits per heavy atom. The Kier molecular flexibility index (Phi) is 9.28. The molecule has 3 aromatic carbocycles. The molecule has 4 aromatic rings. The molecule has 1 saturated heterocycles. The number of amides is 1. The molecular formula is C30H30N2O5S2. The molecule has 2 heterocycles. The number of thioether (sulfide) groups is 1. The highest BCUT2D eigenvalue weighted by molar-refractivity contribution is 8.01. The fraction of sp³-hybridized carbons (Fsp3) is 0.267. The van der Waals surface area contributed by atoms with Gasteiger partial charge in [0.15, 0.2) is 10.6 Å². The zero-order valence-electron chi connectivity index (χ0n) is 21.3. The number of benzene rings is 3. The number of ether oxygens (including phenoxy) is 3. The topological polar surface area (TPSA) is 89.9 Å². The Bertz CT molecular complexity index is 1360. The Hall–Kier alpha value is -3.21. The van der Waals surface area contributed by atoms with Gasteiger partial charge >= 0.3 is 6.09 Å². The lowest BCUT2D eigenvalue weighted by Gasteiger charge is -2.36. The Morgan fingerprint density at radius 1 is 1.08 bits per heavy atom. The summed E-state index contributed by atoms with van der Waals surface area (Å²) in [5.41, 5.74) is 4.77. The first kappa shape index (κ1) is 27.4. The molecule has 7 nitrogen and oxygen atoms in total. The van der Waals surface area contributed by atoms with Crippen LogP contribution >= 0.6 is 23.1 Å². The van der Waals surface area contributed by atoms with Crippen molar-refractivity contribution in [3.05, 3.63) is 108 Å². The number of para-hydroxylation sites is 1. The van der Waals surface area contributed by atoms with E-state index in [0.29, 0.717) is 13.0 Å². The zero-order chi connectivity index (χ0) is 27.0. The second-order valence-corrected chi connectivity index (χ2v) is 11.4. The number of hydrogen-bond donors (Lipinski definition) is 2. The predicted octanol–water partition coefficient (Wildman–Crippen LogP) is 6.54. The second kappa shape index (κ2) is 13.2. The highest BCUT2D eigenvalue weighted by Gasteiger charge is 2.32. The van der Waals surface area contributed by atoms with E-state index in [-0.39, 0.29) is 25.4 Å². The molecule has 3 atom stereocenters. The number of rotatable bonds is 10. The minimum atomic E-state index is -0.540. The highest BCUT2D eigenvalue weighted by atomic mass is 32.2. The number of hydrogen-bond acceptors (Lipinski definition) is 8. The Labute approximate surface area is 235 Å². The van der Waals surface area contributed by atoms with Crippen LogP contribution in [0.1, 0.15) is 41.1 Å². The third-order valence-electron chi connectivity index (χ3n) is 6.30. The molecule has 39 heavy (non-hydrogen) atoms. The molecular weight excluding hydrogens is 532 g/mol. The predicted molar refractivity (Wildman–Crippen MR) is 154 cm³/mol. The van der Waals surface area contributed by atoms with Gasteiger partial charge in [-0.25, -0.2) is 9.78 Å². The molecule has 0 radical (unpaired) electrons. The van der Waals surface area contributed by atoms with Crippen molar-refractivity contribution < 1.29 is 24.1 Å². The number of nitrogens with zero attached hydrogens (tertiary/aromatic N) is 1. The van der Waals surface area contributed by atoms with E-state index in [1.165, 1.54) is 10.8 Å². The van der Waals surface area contributed by atoms with Crippen molar-refractivity contribution in [2.75, 3.05) is 12.4 Å². The Balaban J connectivity index is 1.28. The fourth-order valence-corrected chi connectivity index (χ4v) is 6.36. The number of nitrogens with one attached hydrogen (secondary N) is 1. The molecule has 0 aliphatic carbocycles. The molecule has 1 aromatic heterocycles. The molecule has 1 fully saturated rings. The third kappa shape index (κ3) is 7.26. The lowest BCUT2D eigenvalue weighted by molar-refractivity contribution is -0.245. The molecule has 202 valence electrons. The maximum absolute atomic E-state index is 11.7. The molecule has 9 heteroatoms. The minimum Gasteiger partial charge on any atom is -0.445 e. The van der Waals surface area contributed by atoms with Gasteiger partial charge in [-0.2, -0.15) is 0 Å². The average Bonchev–Trinajstić information content (AvgIpc) is 3.41. The van der Waals surface area contributed by atoms with E-state index in [4.69, 9.17) is 19.2 Å². The van der Waals surface area contributed by atoms with Crippen molar-refractivity contribution in [1.82, 2.24) is 10.3 Å². The van der Waals surface area contributed by atoms with E-state index < -0.39 is 12.4 Å². The van der Waals surface area contributed by atoms with Crippen LogP contribution in [0.3, 0.4) is 0 Å². The van der Waals surface area contributed by atoms with E-state index >= 15 is 0 Å². The Morgan fingerprint density at radius 3 is 2.56 bits per heavy atom. The number of fused-ring (bicyclic) bond motifs is 1. The van der Waals surface area contributed by atoms with Crippen LogP contribution in [0.15, 0.2) is 89.8 Å². The number of carbonyl (C=O) groups excluding carboxylic acids is 1. The zero-order valence-corrected chi connectivity index (χ0v) is 23.0. The SMILES string of the molecule is C=CCOC(=O)NCc1ccc([C@H]2O[C@@H](CSc3nc4ccccc4s3)C[C@@H](c3ccc(CO)cc3)O2)cc1. The summed E-state index contributed by atoms with van der Waals surface area (Å²) in [6.45, 7) is 4.06. The van der Waals surface area contributed by atoms with Crippen LogP contribution < -0.4 is 5.32 Å². The second-order valence-electron chi connectivity index (χ2n) is 9.09. The third-order valence-corrected chi connectivity index (χ3v) is 8.61. The van der Waals surface area contributed by atoms with Crippen molar-refractivity contribution in [3.8, 4) is 0 Å². The van der Waals surface area contributed by atoms with E-state index in [1.807, 2.05) is 66.7 Å². The van der Waals surface area contributed by atoms with Crippen LogP contribution in [-0.2, 0) is 27.4 Å². The van der Waals surface area contributed by atoms with Crippen molar-refractivity contribution in [2.24, 2.45) is 0 Å². The molecule has 5 rings (SSSR count). The van der Waals surface area contributed by atoms with Crippen molar-refractivity contribution in [1.29, 1.82) is 0 Å². The summed E-state index contributed by atoms with van der Waals surface area (Å²) < 4.78 is 20.0. The summed E-state index contributed by atoms with van der Waals surface area (Å²) in [5.74, 6) is 0.750. The number of thiazole rings is 1. The van der Waals surface area contributed by atoms with Crippen molar-refractivity contribution in [2.45, 2.75) is 42.4 Å². The molecule has 0 unspecified atom stereocenters. The maximum Gasteiger partial charge on any atom is 0.407 e. The molecule has 0 saturated carbocycles. The van der Waals surface area contributed by atoms with E-state index in [0.717, 1.165) is 37.9 Å². The quantitative estimate of drug-likeness (QED) is 0.168. The maximum atomic E-state index is 11.7. The van der Waals surface area contributed by atoms with Gasteiger partial charge < -0.3 is 24.6 Å². The standard InChI is InChI=1S/C30H30N2O5S2/c1-2-15-35-29(34)31-17-20-7-13-23(14-8-20)28-36-24(16-26(37-28)22-11-9-21(18-33)10-12-22)19-38-30-32-25-5-3-4-6-27(25)39-30/h2-14,24,26,28,33H,1,15-19H2,(H,31,34)/t24-,26+,28+/m1/s1. The normalized spacial score (nSPS) is 19.1. The smallest absolute Gasteiger partial charge is 0.407 e. The number of aliphatic hydroxyl groups excluding tert-OH is 1. The van der Waals surface area contributed by atoms with Crippen LogP contribution in [-0.4, -0.2) is 34.6 Å². The molecule has 1 aliphatic heterocycles. The lowest BCUT2D eigenvalue weighted by Crippen LogP contribution is -2.31. The minimum absolute atomic E-state index is 0.00611. The van der Waals surface area contributed by atoms with Gasteiger partial charge in [0.1, 0.15) is 6.61 Å². The molecule has 0 spiro atoms. The van der Waals surface area contributed by atoms with Gasteiger partial charge in [0.25, 0.3) is 0 Å². The van der Waals surface area contributed by atoms with Crippen molar-refractivity contribution in [3.63, 3.8) is 0 Å². The van der Waals surface area contributed by atoms with E-state index in [2.05, 4.69) is 18.0 Å². The molecule has 0 bridgehead atoms. The monoisotopic (exact) mass is 562 g/mol. The van der Waals surface area contributed by atoms with E-state index in [1.54, 1.807) is 23.1 Å². The largest absolute Gasteiger partial charge is 0.445 e. The summed E-state index contributed by atoms with van der Waals surface area (Å²) in [6.07, 6.45) is 1.00. The summed E-state index contributed by atoms with van der Waals surface area (Å²) >= 11 is 3.40. The van der Waals surface area contributed by atoms with Crippen LogP contribution in [0, 0.1) is 0 Å². The first-order valence-corrected chi connectivity index (χ1v) is 14.5. The summed E-state index contributed by atoms with van der Waals surface area (Å²) in [5, 5.41) is 12.2. The van der Waals surface area contributed by atoms with Gasteiger partial charge in [-0.05, 0) is 28.8 Å². The van der Waals surface area contributed by atoms with E-state index in [9.17, 15) is 9.90 Å². The number of alkyl carbamates (subject to hydrolysis) is 1. The lowest BCUT2D eigenvalue weighted by atomic mass is 10.0. The highest BCUT2D eigenvalue weighted by Crippen LogP contribution is 2.40. The number of aromatic nitrogens is 1. The number of aliphatic hydroxyl groups is 1.